The summed E-state index contributed by atoms with van der Waals surface area (Å²) >= 11 is 0. The molecule has 0 fully saturated rings. The van der Waals surface area contributed by atoms with Crippen LogP contribution in [0.3, 0.4) is 0 Å². The van der Waals surface area contributed by atoms with E-state index in [1.54, 1.807) is 30.9 Å². The molecule has 1 N–H and O–H groups in total. The van der Waals surface area contributed by atoms with E-state index >= 15 is 0 Å². The van der Waals surface area contributed by atoms with Crippen LogP contribution in [0.4, 0.5) is 0 Å². The highest BCUT2D eigenvalue weighted by atomic mass is 28.4. The molecule has 2 aromatic carbocycles. The Labute approximate surface area is 265 Å². The number of aromatic nitrogens is 2. The summed E-state index contributed by atoms with van der Waals surface area (Å²) in [5.74, 6) is -0.0244. The van der Waals surface area contributed by atoms with Crippen LogP contribution in [0.2, 0.25) is 18.1 Å². The van der Waals surface area contributed by atoms with Gasteiger partial charge in [0.15, 0.2) is 13.9 Å². The van der Waals surface area contributed by atoms with E-state index in [1.807, 2.05) is 12.1 Å². The summed E-state index contributed by atoms with van der Waals surface area (Å²) in [4.78, 5) is 27.0. The molecule has 0 spiro atoms. The molecule has 0 saturated heterocycles. The Balaban J connectivity index is 1.73. The lowest BCUT2D eigenvalue weighted by atomic mass is 9.96. The molecule has 4 aromatic rings. The first-order valence-electron chi connectivity index (χ1n) is 15.3. The third-order valence-electron chi connectivity index (χ3n) is 9.68. The second-order valence-electron chi connectivity index (χ2n) is 13.2. The van der Waals surface area contributed by atoms with Gasteiger partial charge in [0.25, 0.3) is 5.56 Å². The SMILES string of the molecule is COC(=O)c1c(O)c2c(n(Cc3ccc(OC)cc3OC)c1=O)-c1ccc3c(cc(CO[Si](C)(C)C(C)(C)C)n3C)c1CCC2. The average molecular weight is 633 g/mol. The van der Waals surface area contributed by atoms with E-state index in [-0.39, 0.29) is 22.9 Å². The van der Waals surface area contributed by atoms with Crippen LogP contribution >= 0.6 is 0 Å². The highest BCUT2D eigenvalue weighted by Gasteiger charge is 2.37. The lowest BCUT2D eigenvalue weighted by Crippen LogP contribution is -2.40. The van der Waals surface area contributed by atoms with Crippen molar-refractivity contribution in [3.63, 3.8) is 0 Å². The van der Waals surface area contributed by atoms with Gasteiger partial charge >= 0.3 is 5.97 Å². The Morgan fingerprint density at radius 3 is 2.36 bits per heavy atom. The van der Waals surface area contributed by atoms with E-state index < -0.39 is 19.8 Å². The van der Waals surface area contributed by atoms with Gasteiger partial charge in [-0.2, -0.15) is 0 Å². The number of ether oxygens (including phenoxy) is 3. The van der Waals surface area contributed by atoms with Crippen LogP contribution < -0.4 is 15.0 Å². The molecular formula is C35H44N2O7Si. The van der Waals surface area contributed by atoms with Crippen LogP contribution in [-0.2, 0) is 42.2 Å². The number of aromatic hydroxyl groups is 1. The smallest absolute Gasteiger partial charge is 0.347 e. The van der Waals surface area contributed by atoms with Crippen molar-refractivity contribution in [2.45, 2.75) is 71.3 Å². The van der Waals surface area contributed by atoms with Crippen LogP contribution in [0.5, 0.6) is 17.2 Å². The lowest BCUT2D eigenvalue weighted by molar-refractivity contribution is 0.0594. The topological polar surface area (TPSA) is 101 Å². The highest BCUT2D eigenvalue weighted by Crippen LogP contribution is 2.42. The van der Waals surface area contributed by atoms with Crippen molar-refractivity contribution in [3.8, 4) is 28.5 Å². The minimum absolute atomic E-state index is 0.0969. The van der Waals surface area contributed by atoms with Crippen molar-refractivity contribution in [2.24, 2.45) is 7.05 Å². The number of pyridine rings is 1. The number of fused-ring (bicyclic) bond motifs is 5. The van der Waals surface area contributed by atoms with Crippen LogP contribution in [0.25, 0.3) is 22.2 Å². The Morgan fingerprint density at radius 2 is 1.71 bits per heavy atom. The number of rotatable bonds is 8. The summed E-state index contributed by atoms with van der Waals surface area (Å²) in [6, 6.07) is 11.7. The summed E-state index contributed by atoms with van der Waals surface area (Å²) < 4.78 is 26.3. The molecule has 0 bridgehead atoms. The Hall–Kier alpha value is -4.02. The van der Waals surface area contributed by atoms with Crippen LogP contribution in [0.15, 0.2) is 41.2 Å². The quantitative estimate of drug-likeness (QED) is 0.173. The normalized spacial score (nSPS) is 13.3. The van der Waals surface area contributed by atoms with Crippen LogP contribution in [0.1, 0.15) is 59.9 Å². The number of nitrogens with zero attached hydrogens (tertiary/aromatic N) is 2. The number of hydrogen-bond donors (Lipinski definition) is 1. The van der Waals surface area contributed by atoms with Crippen molar-refractivity contribution in [3.05, 3.63) is 74.7 Å². The van der Waals surface area contributed by atoms with E-state index in [0.29, 0.717) is 35.8 Å². The summed E-state index contributed by atoms with van der Waals surface area (Å²) in [5.41, 5.74) is 5.00. The molecule has 1 aliphatic rings. The molecule has 9 nitrogen and oxygen atoms in total. The minimum Gasteiger partial charge on any atom is -0.506 e. The van der Waals surface area contributed by atoms with E-state index in [1.165, 1.54) is 7.11 Å². The predicted molar refractivity (Wildman–Crippen MR) is 178 cm³/mol. The molecule has 5 rings (SSSR count). The molecule has 1 aliphatic carbocycles. The first-order chi connectivity index (χ1) is 21.2. The van der Waals surface area contributed by atoms with Gasteiger partial charge in [0.2, 0.25) is 0 Å². The van der Waals surface area contributed by atoms with Gasteiger partial charge < -0.3 is 32.9 Å². The second kappa shape index (κ2) is 12.1. The Bertz CT molecular complexity index is 1850. The van der Waals surface area contributed by atoms with Crippen molar-refractivity contribution in [2.75, 3.05) is 21.3 Å². The molecule has 0 amide bonds. The fraction of sp³-hybridized carbons (Fsp3) is 0.429. The monoisotopic (exact) mass is 632 g/mol. The van der Waals surface area contributed by atoms with Gasteiger partial charge in [0.05, 0.1) is 40.2 Å². The average Bonchev–Trinajstić information content (AvgIpc) is 3.19. The fourth-order valence-corrected chi connectivity index (χ4v) is 6.91. The van der Waals surface area contributed by atoms with E-state index in [4.69, 9.17) is 18.6 Å². The van der Waals surface area contributed by atoms with E-state index in [0.717, 1.165) is 46.1 Å². The molecule has 45 heavy (non-hydrogen) atoms. The van der Waals surface area contributed by atoms with Crippen LogP contribution in [0, 0.1) is 0 Å². The third-order valence-corrected chi connectivity index (χ3v) is 14.2. The standard InChI is InChI=1S/C35H44N2O7Si/c1-35(2,3)45(8,9)44-20-22-17-27-24-11-10-12-26-31(25(24)15-16-28(27)36(22)4)37(33(39)30(32(26)38)34(40)43-7)19-21-13-14-23(41-5)18-29(21)42-6/h13-18,38H,10-12,19-20H2,1-9H3. The number of esters is 1. The molecule has 2 aromatic heterocycles. The fourth-order valence-electron chi connectivity index (χ4n) is 5.96. The number of hydrogen-bond acceptors (Lipinski definition) is 7. The van der Waals surface area contributed by atoms with E-state index in [9.17, 15) is 14.7 Å². The molecule has 2 heterocycles. The number of aryl methyl sites for hydroxylation is 2. The molecule has 0 atom stereocenters. The Morgan fingerprint density at radius 1 is 1.00 bits per heavy atom. The third kappa shape index (κ3) is 5.65. The summed E-state index contributed by atoms with van der Waals surface area (Å²) in [6.07, 6.45) is 1.94. The van der Waals surface area contributed by atoms with Gasteiger partial charge in [-0.1, -0.05) is 26.8 Å². The lowest BCUT2D eigenvalue weighted by Gasteiger charge is -2.36. The first-order valence-corrected chi connectivity index (χ1v) is 18.2. The Kier molecular flexibility index (Phi) is 8.67. The van der Waals surface area contributed by atoms with Gasteiger partial charge in [-0.15, -0.1) is 0 Å². The van der Waals surface area contributed by atoms with Crippen molar-refractivity contribution >= 4 is 25.2 Å². The zero-order valence-electron chi connectivity index (χ0n) is 27.8. The minimum atomic E-state index is -1.97. The van der Waals surface area contributed by atoms with Crippen molar-refractivity contribution in [1.82, 2.24) is 9.13 Å². The van der Waals surface area contributed by atoms with Gasteiger partial charge in [-0.3, -0.25) is 4.79 Å². The zero-order chi connectivity index (χ0) is 32.8. The molecule has 0 aliphatic heterocycles. The largest absolute Gasteiger partial charge is 0.506 e. The van der Waals surface area contributed by atoms with Gasteiger partial charge in [0.1, 0.15) is 17.2 Å². The van der Waals surface area contributed by atoms with Crippen molar-refractivity contribution in [1.29, 1.82) is 0 Å². The maximum Gasteiger partial charge on any atom is 0.347 e. The highest BCUT2D eigenvalue weighted by molar-refractivity contribution is 6.74. The zero-order valence-corrected chi connectivity index (χ0v) is 28.8. The van der Waals surface area contributed by atoms with Crippen LogP contribution in [-0.4, -0.2) is 49.9 Å². The first kappa shape index (κ1) is 32.4. The summed E-state index contributed by atoms with van der Waals surface area (Å²) in [6.45, 7) is 11.8. The predicted octanol–water partition coefficient (Wildman–Crippen LogP) is 6.58. The molecule has 240 valence electrons. The van der Waals surface area contributed by atoms with Crippen molar-refractivity contribution < 1.29 is 28.5 Å². The maximum absolute atomic E-state index is 14.1. The second-order valence-corrected chi connectivity index (χ2v) is 18.0. The number of benzene rings is 2. The van der Waals surface area contributed by atoms with Gasteiger partial charge in [-0.25, -0.2) is 4.79 Å². The van der Waals surface area contributed by atoms with E-state index in [2.05, 4.69) is 57.6 Å². The van der Waals surface area contributed by atoms with Gasteiger partial charge in [0, 0.05) is 46.4 Å². The number of carbonyl (C=O) groups is 1. The van der Waals surface area contributed by atoms with Gasteiger partial charge in [-0.05, 0) is 67.2 Å². The molecule has 0 unspecified atom stereocenters. The molecule has 10 heteroatoms. The maximum atomic E-state index is 14.1. The molecular weight excluding hydrogens is 588 g/mol. The summed E-state index contributed by atoms with van der Waals surface area (Å²) in [5, 5.41) is 12.6. The summed E-state index contributed by atoms with van der Waals surface area (Å²) in [7, 11) is 4.44. The number of methoxy groups -OCH3 is 3. The molecule has 0 radical (unpaired) electrons. The number of carbonyl (C=O) groups excluding carboxylic acids is 1. The molecule has 0 saturated carbocycles.